The topological polar surface area (TPSA) is 78.4 Å². The lowest BCUT2D eigenvalue weighted by Crippen LogP contribution is -2.48. The van der Waals surface area contributed by atoms with Crippen LogP contribution in [0.3, 0.4) is 0 Å². The predicted molar refractivity (Wildman–Crippen MR) is 90.0 cm³/mol. The minimum Gasteiger partial charge on any atom is -0.342 e. The number of hydrogen-bond acceptors (Lipinski definition) is 5. The number of carbonyl (C=O) groups is 2. The molecule has 0 atom stereocenters. The van der Waals surface area contributed by atoms with Crippen molar-refractivity contribution in [2.45, 2.75) is 6.92 Å². The molecular weight excluding hydrogens is 306 g/mol. The Hall–Kier alpha value is -2.96. The summed E-state index contributed by atoms with van der Waals surface area (Å²) in [6.45, 7) is 4.20. The molecule has 24 heavy (non-hydrogen) atoms. The molecule has 1 aromatic heterocycles. The number of aryl methyl sites for hydroxylation is 1. The number of hydrogen-bond donors (Lipinski definition) is 1. The Kier molecular flexibility index (Phi) is 4.69. The first-order chi connectivity index (χ1) is 11.7. The van der Waals surface area contributed by atoms with Crippen LogP contribution in [-0.2, 0) is 4.79 Å². The average Bonchev–Trinajstić information content (AvgIpc) is 2.64. The third kappa shape index (κ3) is 3.68. The number of nitrogens with one attached hydrogen (secondary N) is 1. The van der Waals surface area contributed by atoms with E-state index in [1.54, 1.807) is 9.80 Å². The highest BCUT2D eigenvalue weighted by Crippen LogP contribution is 2.14. The molecule has 1 aliphatic rings. The molecule has 1 aliphatic heterocycles. The molecule has 1 N–H and O–H groups in total. The highest BCUT2D eigenvalue weighted by Gasteiger charge is 2.21. The second kappa shape index (κ2) is 7.08. The molecule has 0 aliphatic carbocycles. The summed E-state index contributed by atoms with van der Waals surface area (Å²) in [5.41, 5.74) is 2.52. The van der Waals surface area contributed by atoms with E-state index in [1.165, 1.54) is 18.0 Å². The van der Waals surface area contributed by atoms with Crippen LogP contribution in [0, 0.1) is 6.92 Å². The maximum atomic E-state index is 12.4. The van der Waals surface area contributed by atoms with Gasteiger partial charge in [-0.05, 0) is 19.1 Å². The van der Waals surface area contributed by atoms with Gasteiger partial charge >= 0.3 is 0 Å². The zero-order valence-corrected chi connectivity index (χ0v) is 13.5. The van der Waals surface area contributed by atoms with Crippen LogP contribution in [0.4, 0.5) is 11.6 Å². The van der Waals surface area contributed by atoms with Crippen LogP contribution in [0.1, 0.15) is 15.9 Å². The lowest BCUT2D eigenvalue weighted by Gasteiger charge is -2.32. The number of nitrogens with zero attached hydrogens (tertiary/aromatic N) is 4. The van der Waals surface area contributed by atoms with Gasteiger partial charge in [0, 0.05) is 44.3 Å². The molecular formula is C17H19N5O2. The van der Waals surface area contributed by atoms with Gasteiger partial charge < -0.3 is 15.1 Å². The Bertz CT molecular complexity index is 707. The van der Waals surface area contributed by atoms with E-state index in [9.17, 15) is 9.59 Å². The van der Waals surface area contributed by atoms with Crippen molar-refractivity contribution in [1.29, 1.82) is 0 Å². The number of rotatable bonds is 4. The predicted octanol–water partition coefficient (Wildman–Crippen LogP) is 1.44. The van der Waals surface area contributed by atoms with E-state index in [4.69, 9.17) is 0 Å². The highest BCUT2D eigenvalue weighted by molar-refractivity contribution is 5.93. The number of aromatic nitrogens is 2. The monoisotopic (exact) mass is 325 g/mol. The number of anilines is 2. The zero-order chi connectivity index (χ0) is 16.9. The molecule has 3 rings (SSSR count). The normalized spacial score (nSPS) is 14.4. The lowest BCUT2D eigenvalue weighted by molar-refractivity contribution is -0.119. The summed E-state index contributed by atoms with van der Waals surface area (Å²) >= 11 is 0. The van der Waals surface area contributed by atoms with Gasteiger partial charge in [-0.2, -0.15) is 0 Å². The van der Waals surface area contributed by atoms with Crippen LogP contribution in [0.25, 0.3) is 0 Å². The molecule has 0 saturated carbocycles. The summed E-state index contributed by atoms with van der Waals surface area (Å²) in [6.07, 6.45) is 3.87. The fourth-order valence-electron chi connectivity index (χ4n) is 2.48. The van der Waals surface area contributed by atoms with Crippen LogP contribution in [0.2, 0.25) is 0 Å². The molecule has 2 aromatic rings. The van der Waals surface area contributed by atoms with E-state index >= 15 is 0 Å². The molecule has 7 nitrogen and oxygen atoms in total. The number of amides is 2. The minimum absolute atomic E-state index is 0.109. The van der Waals surface area contributed by atoms with Crippen LogP contribution < -0.4 is 5.32 Å². The second-order valence-electron chi connectivity index (χ2n) is 5.72. The molecule has 0 radical (unpaired) electrons. The molecule has 1 fully saturated rings. The Morgan fingerprint density at radius 2 is 1.71 bits per heavy atom. The van der Waals surface area contributed by atoms with Crippen LogP contribution in [0.15, 0.2) is 36.7 Å². The first-order valence-corrected chi connectivity index (χ1v) is 7.80. The van der Waals surface area contributed by atoms with Gasteiger partial charge in [0.15, 0.2) is 0 Å². The molecule has 7 heteroatoms. The van der Waals surface area contributed by atoms with E-state index in [0.717, 1.165) is 12.1 Å². The summed E-state index contributed by atoms with van der Waals surface area (Å²) in [5.74, 6) is 0.337. The Balaban J connectivity index is 1.62. The van der Waals surface area contributed by atoms with E-state index in [1.807, 2.05) is 31.2 Å². The summed E-state index contributed by atoms with van der Waals surface area (Å²) in [5, 5.41) is 3.10. The van der Waals surface area contributed by atoms with Gasteiger partial charge in [0.1, 0.15) is 0 Å². The van der Waals surface area contributed by atoms with Crippen molar-refractivity contribution >= 4 is 24.0 Å². The minimum atomic E-state index is -0.109. The quantitative estimate of drug-likeness (QED) is 0.861. The Morgan fingerprint density at radius 3 is 2.29 bits per heavy atom. The smallest absolute Gasteiger partial charge is 0.257 e. The number of piperazine rings is 1. The van der Waals surface area contributed by atoms with Gasteiger partial charge in [0.25, 0.3) is 5.91 Å². The fraction of sp³-hybridized carbons (Fsp3) is 0.294. The number of carbonyl (C=O) groups excluding carboxylic acids is 2. The summed E-state index contributed by atoms with van der Waals surface area (Å²) in [7, 11) is 0. The van der Waals surface area contributed by atoms with Crippen molar-refractivity contribution < 1.29 is 9.59 Å². The molecule has 0 bridgehead atoms. The largest absolute Gasteiger partial charge is 0.342 e. The van der Waals surface area contributed by atoms with Gasteiger partial charge in [-0.3, -0.25) is 9.59 Å². The molecule has 1 saturated heterocycles. The highest BCUT2D eigenvalue weighted by atomic mass is 16.2. The number of benzene rings is 1. The third-order valence-corrected chi connectivity index (χ3v) is 3.96. The lowest BCUT2D eigenvalue weighted by atomic mass is 10.2. The van der Waals surface area contributed by atoms with Crippen LogP contribution >= 0.6 is 0 Å². The van der Waals surface area contributed by atoms with Gasteiger partial charge in [-0.1, -0.05) is 17.7 Å². The van der Waals surface area contributed by atoms with Gasteiger partial charge in [-0.25, -0.2) is 9.97 Å². The molecule has 124 valence electrons. The van der Waals surface area contributed by atoms with Crippen LogP contribution in [-0.4, -0.2) is 58.3 Å². The van der Waals surface area contributed by atoms with Crippen molar-refractivity contribution in [3.63, 3.8) is 0 Å². The maximum absolute atomic E-state index is 12.4. The SMILES string of the molecule is Cc1ccc(Nc2ncc(C(=O)N3CCN(C=O)CC3)cn2)cc1. The molecule has 1 aromatic carbocycles. The van der Waals surface area contributed by atoms with E-state index in [0.29, 0.717) is 37.7 Å². The first kappa shape index (κ1) is 15.9. The van der Waals surface area contributed by atoms with E-state index in [-0.39, 0.29) is 5.91 Å². The third-order valence-electron chi connectivity index (χ3n) is 3.96. The summed E-state index contributed by atoms with van der Waals surface area (Å²) in [6, 6.07) is 7.90. The van der Waals surface area contributed by atoms with Gasteiger partial charge in [-0.15, -0.1) is 0 Å². The maximum Gasteiger partial charge on any atom is 0.257 e. The average molecular weight is 325 g/mol. The van der Waals surface area contributed by atoms with Gasteiger partial charge in [0.05, 0.1) is 5.56 Å². The molecule has 2 amide bonds. The Morgan fingerprint density at radius 1 is 1.08 bits per heavy atom. The fourth-order valence-corrected chi connectivity index (χ4v) is 2.48. The van der Waals surface area contributed by atoms with Gasteiger partial charge in [0.2, 0.25) is 12.4 Å². The summed E-state index contributed by atoms with van der Waals surface area (Å²) in [4.78, 5) is 34.9. The van der Waals surface area contributed by atoms with E-state index < -0.39 is 0 Å². The second-order valence-corrected chi connectivity index (χ2v) is 5.72. The van der Waals surface area contributed by atoms with Crippen molar-refractivity contribution in [2.24, 2.45) is 0 Å². The van der Waals surface area contributed by atoms with Crippen molar-refractivity contribution in [3.05, 3.63) is 47.8 Å². The summed E-state index contributed by atoms with van der Waals surface area (Å²) < 4.78 is 0. The molecule has 0 spiro atoms. The molecule has 0 unspecified atom stereocenters. The standard InChI is InChI=1S/C17H19N5O2/c1-13-2-4-15(5-3-13)20-17-18-10-14(11-19-17)16(24)22-8-6-21(12-23)7-9-22/h2-5,10-12H,6-9H2,1H3,(H,18,19,20). The van der Waals surface area contributed by atoms with Crippen molar-refractivity contribution in [2.75, 3.05) is 31.5 Å². The molecule has 2 heterocycles. The zero-order valence-electron chi connectivity index (χ0n) is 13.5. The van der Waals surface area contributed by atoms with Crippen LogP contribution in [0.5, 0.6) is 0 Å². The van der Waals surface area contributed by atoms with Crippen molar-refractivity contribution in [1.82, 2.24) is 19.8 Å². The Labute approximate surface area is 140 Å². The van der Waals surface area contributed by atoms with Crippen molar-refractivity contribution in [3.8, 4) is 0 Å². The van der Waals surface area contributed by atoms with E-state index in [2.05, 4.69) is 15.3 Å². The first-order valence-electron chi connectivity index (χ1n) is 7.80.